The Morgan fingerprint density at radius 2 is 2.00 bits per heavy atom. The Morgan fingerprint density at radius 1 is 1.27 bits per heavy atom. The van der Waals surface area contributed by atoms with Crippen molar-refractivity contribution in [2.24, 2.45) is 0 Å². The molecule has 0 fully saturated rings. The molecule has 1 aliphatic rings. The number of halogens is 3. The van der Waals surface area contributed by atoms with Gasteiger partial charge in [-0.15, -0.1) is 0 Å². The Kier molecular flexibility index (Phi) is 4.94. The van der Waals surface area contributed by atoms with E-state index in [0.717, 1.165) is 23.3 Å². The van der Waals surface area contributed by atoms with Gasteiger partial charge in [0.1, 0.15) is 5.75 Å². The molecular formula is C20H20F3NO2. The first-order valence-corrected chi connectivity index (χ1v) is 8.59. The number of phenolic OH excluding ortho intramolecular Hbond substituents is 1. The molecule has 6 heteroatoms. The zero-order valence-corrected chi connectivity index (χ0v) is 14.3. The fourth-order valence-corrected chi connectivity index (χ4v) is 3.56. The number of benzene rings is 2. The number of hydrogen-bond acceptors (Lipinski definition) is 2. The molecule has 0 saturated carbocycles. The third kappa shape index (κ3) is 3.54. The lowest BCUT2D eigenvalue weighted by atomic mass is 9.93. The zero-order valence-electron chi connectivity index (χ0n) is 14.3. The van der Waals surface area contributed by atoms with Gasteiger partial charge in [0.25, 0.3) is 0 Å². The van der Waals surface area contributed by atoms with Crippen LogP contribution in [0.1, 0.15) is 54.0 Å². The number of fused-ring (bicyclic) bond motifs is 1. The van der Waals surface area contributed by atoms with E-state index in [1.54, 1.807) is 25.1 Å². The van der Waals surface area contributed by atoms with Gasteiger partial charge in [-0.2, -0.15) is 13.2 Å². The molecule has 2 atom stereocenters. The fraction of sp³-hybridized carbons (Fsp3) is 0.350. The second kappa shape index (κ2) is 7.02. The standard InChI is InChI=1S/C20H20F3NO2/c1-2-14(12-5-3-6-13(11-12)20(21,22)23)19(26)24-17-10-9-16-15(17)7-4-8-18(16)25/h3-8,11,14,17,25H,2,9-10H2,1H3,(H,24,26)/t14-,17+/m0/s1. The van der Waals surface area contributed by atoms with Crippen LogP contribution in [0.5, 0.6) is 5.75 Å². The molecule has 138 valence electrons. The average molecular weight is 363 g/mol. The first-order chi connectivity index (χ1) is 12.3. The Hall–Kier alpha value is -2.50. The number of alkyl halides is 3. The molecule has 0 bridgehead atoms. The highest BCUT2D eigenvalue weighted by Gasteiger charge is 2.32. The highest BCUT2D eigenvalue weighted by molar-refractivity contribution is 5.84. The molecule has 1 amide bonds. The monoisotopic (exact) mass is 363 g/mol. The van der Waals surface area contributed by atoms with Gasteiger partial charge in [0, 0.05) is 0 Å². The Balaban J connectivity index is 1.80. The number of carbonyl (C=O) groups is 1. The van der Waals surface area contributed by atoms with Gasteiger partial charge in [-0.3, -0.25) is 4.79 Å². The van der Waals surface area contributed by atoms with Crippen molar-refractivity contribution in [3.63, 3.8) is 0 Å². The lowest BCUT2D eigenvalue weighted by molar-refractivity contribution is -0.137. The number of amides is 1. The summed E-state index contributed by atoms with van der Waals surface area (Å²) < 4.78 is 38.8. The molecular weight excluding hydrogens is 343 g/mol. The number of nitrogens with one attached hydrogen (secondary N) is 1. The largest absolute Gasteiger partial charge is 0.508 e. The fourth-order valence-electron chi connectivity index (χ4n) is 3.56. The van der Waals surface area contributed by atoms with Gasteiger partial charge in [0.2, 0.25) is 5.91 Å². The van der Waals surface area contributed by atoms with Crippen LogP contribution in [-0.4, -0.2) is 11.0 Å². The number of hydrogen-bond donors (Lipinski definition) is 2. The second-order valence-corrected chi connectivity index (χ2v) is 6.53. The van der Waals surface area contributed by atoms with Crippen LogP contribution in [-0.2, 0) is 17.4 Å². The van der Waals surface area contributed by atoms with Gasteiger partial charge in [-0.1, -0.05) is 37.3 Å². The van der Waals surface area contributed by atoms with E-state index in [2.05, 4.69) is 5.32 Å². The third-order valence-corrected chi connectivity index (χ3v) is 4.90. The number of carbonyl (C=O) groups excluding carboxylic acids is 1. The quantitative estimate of drug-likeness (QED) is 0.827. The van der Waals surface area contributed by atoms with E-state index in [1.807, 2.05) is 6.07 Å². The van der Waals surface area contributed by atoms with Gasteiger partial charge >= 0.3 is 6.18 Å². The van der Waals surface area contributed by atoms with E-state index in [4.69, 9.17) is 0 Å². The molecule has 3 rings (SSSR count). The molecule has 2 aromatic rings. The maximum Gasteiger partial charge on any atom is 0.416 e. The summed E-state index contributed by atoms with van der Waals surface area (Å²) in [6.45, 7) is 1.78. The number of rotatable bonds is 4. The number of aromatic hydroxyl groups is 1. The molecule has 2 aromatic carbocycles. The molecule has 0 radical (unpaired) electrons. The van der Waals surface area contributed by atoms with Crippen LogP contribution < -0.4 is 5.32 Å². The van der Waals surface area contributed by atoms with Crippen molar-refractivity contribution >= 4 is 5.91 Å². The summed E-state index contributed by atoms with van der Waals surface area (Å²) in [4.78, 5) is 12.7. The van der Waals surface area contributed by atoms with Crippen molar-refractivity contribution < 1.29 is 23.1 Å². The van der Waals surface area contributed by atoms with E-state index >= 15 is 0 Å². The summed E-state index contributed by atoms with van der Waals surface area (Å²) in [6, 6.07) is 9.90. The molecule has 2 N–H and O–H groups in total. The maximum absolute atomic E-state index is 12.9. The van der Waals surface area contributed by atoms with Gasteiger partial charge in [-0.05, 0) is 48.1 Å². The van der Waals surface area contributed by atoms with Gasteiger partial charge in [-0.25, -0.2) is 0 Å². The second-order valence-electron chi connectivity index (χ2n) is 6.53. The van der Waals surface area contributed by atoms with Crippen LogP contribution in [0.3, 0.4) is 0 Å². The Bertz CT molecular complexity index is 817. The minimum atomic E-state index is -4.44. The molecule has 0 aromatic heterocycles. The smallest absolute Gasteiger partial charge is 0.416 e. The summed E-state index contributed by atoms with van der Waals surface area (Å²) in [5.41, 5.74) is 1.30. The normalized spacial score (nSPS) is 17.6. The number of phenols is 1. The predicted octanol–water partition coefficient (Wildman–Crippen LogP) is 4.71. The topological polar surface area (TPSA) is 49.3 Å². The first kappa shape index (κ1) is 18.3. The molecule has 1 aliphatic carbocycles. The lowest BCUT2D eigenvalue weighted by Gasteiger charge is -2.21. The minimum absolute atomic E-state index is 0.212. The molecule has 26 heavy (non-hydrogen) atoms. The van der Waals surface area contributed by atoms with Crippen molar-refractivity contribution in [2.75, 3.05) is 0 Å². The van der Waals surface area contributed by atoms with Crippen LogP contribution in [0.25, 0.3) is 0 Å². The van der Waals surface area contributed by atoms with Crippen molar-refractivity contribution in [1.82, 2.24) is 5.32 Å². The van der Waals surface area contributed by atoms with Gasteiger partial charge in [0.05, 0.1) is 17.5 Å². The van der Waals surface area contributed by atoms with E-state index in [9.17, 15) is 23.1 Å². The predicted molar refractivity (Wildman–Crippen MR) is 91.8 cm³/mol. The van der Waals surface area contributed by atoms with Crippen LogP contribution in [0, 0.1) is 0 Å². The highest BCUT2D eigenvalue weighted by Crippen LogP contribution is 2.37. The van der Waals surface area contributed by atoms with Gasteiger partial charge in [0.15, 0.2) is 0 Å². The van der Waals surface area contributed by atoms with Crippen LogP contribution in [0.4, 0.5) is 13.2 Å². The minimum Gasteiger partial charge on any atom is -0.508 e. The average Bonchev–Trinajstić information content (AvgIpc) is 2.99. The SMILES string of the molecule is CC[C@H](C(=O)N[C@@H]1CCc2c(O)cccc21)c1cccc(C(F)(F)F)c1. The van der Waals surface area contributed by atoms with Crippen molar-refractivity contribution in [3.8, 4) is 5.75 Å². The zero-order chi connectivity index (χ0) is 18.9. The summed E-state index contributed by atoms with van der Waals surface area (Å²) >= 11 is 0. The molecule has 3 nitrogen and oxygen atoms in total. The van der Waals surface area contributed by atoms with Crippen LogP contribution in [0.2, 0.25) is 0 Å². The maximum atomic E-state index is 12.9. The molecule has 0 aliphatic heterocycles. The van der Waals surface area contributed by atoms with Crippen molar-refractivity contribution in [3.05, 3.63) is 64.7 Å². The summed E-state index contributed by atoms with van der Waals surface area (Å²) in [5, 5.41) is 12.8. The molecule has 0 spiro atoms. The molecule has 0 heterocycles. The van der Waals surface area contributed by atoms with Crippen molar-refractivity contribution in [1.29, 1.82) is 0 Å². The first-order valence-electron chi connectivity index (χ1n) is 8.59. The highest BCUT2D eigenvalue weighted by atomic mass is 19.4. The van der Waals surface area contributed by atoms with Crippen molar-refractivity contribution in [2.45, 2.75) is 44.3 Å². The van der Waals surface area contributed by atoms with Crippen LogP contribution in [0.15, 0.2) is 42.5 Å². The Morgan fingerprint density at radius 3 is 2.69 bits per heavy atom. The molecule has 0 saturated heterocycles. The summed E-state index contributed by atoms with van der Waals surface area (Å²) in [5.74, 6) is -0.740. The van der Waals surface area contributed by atoms with E-state index in [0.29, 0.717) is 24.8 Å². The van der Waals surface area contributed by atoms with E-state index < -0.39 is 17.7 Å². The van der Waals surface area contributed by atoms with Crippen LogP contribution >= 0.6 is 0 Å². The third-order valence-electron chi connectivity index (χ3n) is 4.90. The summed E-state index contributed by atoms with van der Waals surface area (Å²) in [6.07, 6.45) is -2.72. The molecule has 0 unspecified atom stereocenters. The summed E-state index contributed by atoms with van der Waals surface area (Å²) in [7, 11) is 0. The van der Waals surface area contributed by atoms with E-state index in [1.165, 1.54) is 6.07 Å². The van der Waals surface area contributed by atoms with Gasteiger partial charge < -0.3 is 10.4 Å². The van der Waals surface area contributed by atoms with E-state index in [-0.39, 0.29) is 17.7 Å². The Labute approximate surface area is 149 Å². The lowest BCUT2D eigenvalue weighted by Crippen LogP contribution is -2.32.